The number of nitrogens with zero attached hydrogens (tertiary/aromatic N) is 3. The van der Waals surface area contributed by atoms with Crippen molar-refractivity contribution in [1.82, 2.24) is 15.5 Å². The molecular formula is C51H80F4N6O13S. The number of nitrogens with one attached hydrogen (secondary N) is 2. The Kier molecular flexibility index (Phi) is 36.2. The molecule has 1 amide bonds. The number of esters is 1. The lowest BCUT2D eigenvalue weighted by Crippen LogP contribution is -2.39. The average Bonchev–Trinajstić information content (AvgIpc) is 3.69. The second kappa shape index (κ2) is 41.8. The van der Waals surface area contributed by atoms with E-state index in [1.165, 1.54) is 4.88 Å². The van der Waals surface area contributed by atoms with Gasteiger partial charge in [0.15, 0.2) is 17.6 Å². The van der Waals surface area contributed by atoms with Gasteiger partial charge in [0.25, 0.3) is 0 Å². The predicted molar refractivity (Wildman–Crippen MR) is 277 cm³/mol. The summed E-state index contributed by atoms with van der Waals surface area (Å²) in [6.07, 6.45) is 7.89. The summed E-state index contributed by atoms with van der Waals surface area (Å²) in [6.45, 7) is 14.5. The number of unbranched alkanes of at least 4 members (excludes halogenated alkanes) is 2. The smallest absolute Gasteiger partial charge is 0.313 e. The number of nitrogens with two attached hydrogens (primary N) is 1. The topological polar surface area (TPSA) is 214 Å². The molecule has 0 unspecified atom stereocenters. The zero-order chi connectivity index (χ0) is 54.1. The van der Waals surface area contributed by atoms with Crippen LogP contribution < -0.4 is 21.1 Å². The molecule has 2 aromatic rings. The third kappa shape index (κ3) is 29.1. The van der Waals surface area contributed by atoms with Crippen molar-refractivity contribution >= 4 is 46.8 Å². The highest BCUT2D eigenvalue weighted by molar-refractivity contribution is 7.13. The van der Waals surface area contributed by atoms with Gasteiger partial charge in [-0.1, -0.05) is 20.3 Å². The van der Waals surface area contributed by atoms with Crippen LogP contribution in [-0.4, -0.2) is 194 Å². The molecule has 19 nitrogen and oxygen atoms in total. The van der Waals surface area contributed by atoms with Crippen LogP contribution in [-0.2, 0) is 63.4 Å². The Morgan fingerprint density at radius 3 is 1.56 bits per heavy atom. The van der Waals surface area contributed by atoms with Crippen LogP contribution >= 0.6 is 11.3 Å². The van der Waals surface area contributed by atoms with Gasteiger partial charge in [0.05, 0.1) is 149 Å². The molecule has 2 heterocycles. The monoisotopic (exact) mass is 1090 g/mol. The number of carbonyl (C=O) groups excluding carboxylic acids is 2. The Morgan fingerprint density at radius 2 is 1.09 bits per heavy atom. The summed E-state index contributed by atoms with van der Waals surface area (Å²) in [4.78, 5) is 38.1. The molecule has 0 bridgehead atoms. The van der Waals surface area contributed by atoms with Crippen molar-refractivity contribution in [3.8, 4) is 5.75 Å². The zero-order valence-electron chi connectivity index (χ0n) is 44.0. The second-order valence-electron chi connectivity index (χ2n) is 16.6. The standard InChI is InChI=1S/C51H80F4N6O13S/c1-4-13-61(14-5-2)50(63)39-35-44-43(60-45(56)36-39)37-40(75-44)9-7-6-8-11-58-51(57-3)59-12-16-65-18-20-67-22-24-69-26-28-71-30-32-73-34-33-72-31-29-70-27-25-68-23-21-66-19-17-64-15-10-46(62)74-49-47(54)41(52)38-42(53)48(49)55/h35,37-38H,4-34,36H2,1-3H3,(H2,56,60)(H2,57,58,59). The number of rotatable bonds is 45. The molecule has 1 aromatic carbocycles. The van der Waals surface area contributed by atoms with Gasteiger partial charge >= 0.3 is 5.97 Å². The van der Waals surface area contributed by atoms with E-state index in [1.54, 1.807) is 18.4 Å². The third-order valence-electron chi connectivity index (χ3n) is 10.5. The van der Waals surface area contributed by atoms with E-state index in [1.807, 2.05) is 11.0 Å². The Hall–Kier alpha value is -4.34. The van der Waals surface area contributed by atoms with Crippen molar-refractivity contribution in [3.05, 3.63) is 50.7 Å². The minimum Gasteiger partial charge on any atom is -0.420 e. The normalized spacial score (nSPS) is 12.6. The van der Waals surface area contributed by atoms with Gasteiger partial charge in [0, 0.05) is 56.2 Å². The lowest BCUT2D eigenvalue weighted by atomic mass is 10.1. The van der Waals surface area contributed by atoms with Gasteiger partial charge in [-0.25, -0.2) is 13.8 Å². The summed E-state index contributed by atoms with van der Waals surface area (Å²) < 4.78 is 113. The van der Waals surface area contributed by atoms with Crippen molar-refractivity contribution < 1.29 is 79.3 Å². The van der Waals surface area contributed by atoms with Crippen LogP contribution in [0.25, 0.3) is 6.08 Å². The number of hydrogen-bond acceptors (Lipinski definition) is 17. The molecule has 4 N–H and O–H groups in total. The number of amidine groups is 1. The Bertz CT molecular complexity index is 1950. The third-order valence-corrected chi connectivity index (χ3v) is 11.7. The van der Waals surface area contributed by atoms with Crippen molar-refractivity contribution in [2.75, 3.05) is 165 Å². The summed E-state index contributed by atoms with van der Waals surface area (Å²) in [7, 11) is 1.75. The maximum absolute atomic E-state index is 13.6. The van der Waals surface area contributed by atoms with Crippen molar-refractivity contribution in [2.45, 2.75) is 65.2 Å². The molecule has 0 saturated carbocycles. The fourth-order valence-electron chi connectivity index (χ4n) is 6.87. The summed E-state index contributed by atoms with van der Waals surface area (Å²) in [5.74, 6) is -8.22. The molecule has 1 aromatic heterocycles. The van der Waals surface area contributed by atoms with E-state index in [0.717, 1.165) is 74.7 Å². The molecule has 0 fully saturated rings. The van der Waals surface area contributed by atoms with Crippen LogP contribution in [0, 0.1) is 23.3 Å². The van der Waals surface area contributed by atoms with E-state index in [4.69, 9.17) is 53.1 Å². The minimum absolute atomic E-state index is 0.0184. The highest BCUT2D eigenvalue weighted by atomic mass is 32.1. The molecule has 3 rings (SSSR count). The molecule has 24 heteroatoms. The Labute approximate surface area is 443 Å². The predicted octanol–water partition coefficient (Wildman–Crippen LogP) is 5.77. The fourth-order valence-corrected chi connectivity index (χ4v) is 7.98. The number of halogens is 4. The number of aliphatic imine (C=N–C) groups is 2. The summed E-state index contributed by atoms with van der Waals surface area (Å²) in [5, 5.41) is 6.64. The van der Waals surface area contributed by atoms with Crippen LogP contribution in [0.2, 0.25) is 0 Å². The highest BCUT2D eigenvalue weighted by Gasteiger charge is 2.24. The van der Waals surface area contributed by atoms with Gasteiger partial charge in [-0.05, 0) is 44.2 Å². The van der Waals surface area contributed by atoms with E-state index >= 15 is 0 Å². The maximum Gasteiger partial charge on any atom is 0.313 e. The van der Waals surface area contributed by atoms with E-state index in [2.05, 4.69) is 45.3 Å². The van der Waals surface area contributed by atoms with Gasteiger partial charge in [-0.2, -0.15) is 8.78 Å². The van der Waals surface area contributed by atoms with E-state index in [9.17, 15) is 27.2 Å². The first kappa shape index (κ1) is 64.9. The lowest BCUT2D eigenvalue weighted by Gasteiger charge is -2.22. The van der Waals surface area contributed by atoms with E-state index in [-0.39, 0.29) is 31.8 Å². The highest BCUT2D eigenvalue weighted by Crippen LogP contribution is 2.35. The number of guanidine groups is 1. The van der Waals surface area contributed by atoms with Crippen LogP contribution in [0.1, 0.15) is 68.5 Å². The molecule has 0 radical (unpaired) electrons. The number of aryl methyl sites for hydroxylation is 1. The summed E-state index contributed by atoms with van der Waals surface area (Å²) in [6, 6.07) is 2.13. The van der Waals surface area contributed by atoms with Crippen molar-refractivity contribution in [1.29, 1.82) is 0 Å². The van der Waals surface area contributed by atoms with Crippen LogP contribution in [0.5, 0.6) is 5.75 Å². The fraction of sp³-hybridized carbons (Fsp3) is 0.686. The van der Waals surface area contributed by atoms with Gasteiger partial charge in [0.1, 0.15) is 5.84 Å². The maximum atomic E-state index is 13.6. The average molecular weight is 1090 g/mol. The Morgan fingerprint density at radius 1 is 0.640 bits per heavy atom. The molecule has 0 saturated heterocycles. The number of thiophene rings is 1. The molecule has 426 valence electrons. The molecule has 0 atom stereocenters. The molecule has 0 spiro atoms. The first-order chi connectivity index (χ1) is 36.6. The van der Waals surface area contributed by atoms with Gasteiger partial charge in [0.2, 0.25) is 23.3 Å². The number of carbonyl (C=O) groups is 2. The molecule has 1 aliphatic heterocycles. The molecule has 1 aliphatic rings. The van der Waals surface area contributed by atoms with Gasteiger partial charge < -0.3 is 73.4 Å². The minimum atomic E-state index is -1.80. The Balaban J connectivity index is 0.989. The number of hydrogen-bond donors (Lipinski definition) is 3. The van der Waals surface area contributed by atoms with Gasteiger partial charge in [-0.15, -0.1) is 11.3 Å². The quantitative estimate of drug-likeness (QED) is 0.0137. The second-order valence-corrected chi connectivity index (χ2v) is 17.8. The van der Waals surface area contributed by atoms with Crippen molar-refractivity contribution in [2.24, 2.45) is 15.7 Å². The first-order valence-electron chi connectivity index (χ1n) is 25.8. The number of benzene rings is 1. The number of fused-ring (bicyclic) bond motifs is 1. The van der Waals surface area contributed by atoms with Crippen LogP contribution in [0.15, 0.2) is 27.7 Å². The summed E-state index contributed by atoms with van der Waals surface area (Å²) in [5.41, 5.74) is 7.82. The molecule has 75 heavy (non-hydrogen) atoms. The number of ether oxygens (including phenoxy) is 11. The van der Waals surface area contributed by atoms with Crippen LogP contribution in [0.3, 0.4) is 0 Å². The van der Waals surface area contributed by atoms with Crippen molar-refractivity contribution in [3.63, 3.8) is 0 Å². The SMILES string of the molecule is CCCN(CCC)C(=O)C1=Cc2sc(CCCCCNC(=NC)NCCOCCOCCOCCOCCOCCOCCOCCOCCOCCOCCC(=O)Oc3c(F)c(F)cc(F)c3F)cc2N=C(N)C1. The van der Waals surface area contributed by atoms with Gasteiger partial charge in [-0.3, -0.25) is 14.6 Å². The largest absolute Gasteiger partial charge is 0.420 e. The number of amides is 1. The molecule has 0 aliphatic carbocycles. The van der Waals surface area contributed by atoms with E-state index < -0.39 is 41.4 Å². The van der Waals surface area contributed by atoms with E-state index in [0.29, 0.717) is 137 Å². The lowest BCUT2D eigenvalue weighted by molar-refractivity contribution is -0.136. The molecular weight excluding hydrogens is 1010 g/mol. The van der Waals surface area contributed by atoms with Crippen LogP contribution in [0.4, 0.5) is 23.2 Å². The first-order valence-corrected chi connectivity index (χ1v) is 26.6. The zero-order valence-corrected chi connectivity index (χ0v) is 44.8. The summed E-state index contributed by atoms with van der Waals surface area (Å²) >= 11 is 1.70.